The minimum Gasteiger partial charge on any atom is -0.311 e. The Morgan fingerprint density at radius 3 is 1.08 bits per heavy atom. The number of aryl methyl sites for hydroxylation is 2. The van der Waals surface area contributed by atoms with Crippen LogP contribution in [-0.2, 0) is 0 Å². The molecule has 0 saturated carbocycles. The van der Waals surface area contributed by atoms with E-state index in [1.54, 1.807) is 0 Å². The fourth-order valence-corrected chi connectivity index (χ4v) is 10.5. The molecule has 0 N–H and O–H groups in total. The van der Waals surface area contributed by atoms with Crippen LogP contribution < -0.4 is 31.1 Å². The van der Waals surface area contributed by atoms with E-state index in [0.717, 1.165) is 28.4 Å². The molecule has 11 aromatic carbocycles. The van der Waals surface area contributed by atoms with Crippen molar-refractivity contribution in [2.24, 2.45) is 0 Å². The number of benzene rings is 11. The average molecular weight is 816 g/mol. The molecular formula is C60H42BN3. The molecule has 0 fully saturated rings. The van der Waals surface area contributed by atoms with E-state index in [0.29, 0.717) is 0 Å². The number of hydrogen-bond donors (Lipinski definition) is 0. The highest BCUT2D eigenvalue weighted by Crippen LogP contribution is 2.49. The second-order valence-electron chi connectivity index (χ2n) is 17.6. The lowest BCUT2D eigenvalue weighted by atomic mass is 9.33. The molecule has 0 atom stereocenters. The predicted octanol–water partition coefficient (Wildman–Crippen LogP) is 14.5. The highest BCUT2D eigenvalue weighted by Gasteiger charge is 2.44. The third-order valence-corrected chi connectivity index (χ3v) is 13.6. The molecule has 11 aromatic rings. The van der Waals surface area contributed by atoms with Crippen LogP contribution in [0.15, 0.2) is 218 Å². The van der Waals surface area contributed by atoms with Gasteiger partial charge in [-0.3, -0.25) is 0 Å². The van der Waals surface area contributed by atoms with Gasteiger partial charge in [0.15, 0.2) is 0 Å². The molecule has 0 saturated heterocycles. The summed E-state index contributed by atoms with van der Waals surface area (Å²) in [6.07, 6.45) is 0. The van der Waals surface area contributed by atoms with Gasteiger partial charge in [-0.25, -0.2) is 0 Å². The van der Waals surface area contributed by atoms with Crippen LogP contribution >= 0.6 is 0 Å². The molecule has 2 aliphatic heterocycles. The zero-order chi connectivity index (χ0) is 42.5. The standard InChI is InChI=1S/C60H42BN3/c1-39-19-25-49(26-20-39)62(50-27-21-40(2)22-28-50)53-37-58-60-59(38-53)64(52-30-24-42-12-4-6-14-44(42)32-52)57-36-48-18-10-8-16-46(48)34-55(57)61(60)54-33-45-15-7-9-17-47(45)35-56(54)63(58)51-29-23-41-11-3-5-13-43(41)31-51/h3-38H,1-2H3. The molecule has 0 aromatic heterocycles. The molecule has 64 heavy (non-hydrogen) atoms. The topological polar surface area (TPSA) is 9.72 Å². The first-order valence-corrected chi connectivity index (χ1v) is 22.3. The van der Waals surface area contributed by atoms with Crippen LogP contribution in [0.4, 0.5) is 51.2 Å². The first-order valence-electron chi connectivity index (χ1n) is 22.3. The van der Waals surface area contributed by atoms with E-state index in [1.807, 2.05) is 0 Å². The molecule has 0 aliphatic carbocycles. The first-order chi connectivity index (χ1) is 31.5. The third-order valence-electron chi connectivity index (χ3n) is 13.6. The highest BCUT2D eigenvalue weighted by molar-refractivity contribution is 7.00. The monoisotopic (exact) mass is 815 g/mol. The fourth-order valence-electron chi connectivity index (χ4n) is 10.5. The van der Waals surface area contributed by atoms with Crippen LogP contribution in [0, 0.1) is 13.8 Å². The SMILES string of the molecule is Cc1ccc(N(c2ccc(C)cc2)c2cc3c4c(c2)N(c2ccc5ccccc5c2)c2cc5ccccc5cc2B4c2cc4ccccc4cc2N3c2ccc3ccccc3c2)cc1. The van der Waals surface area contributed by atoms with Gasteiger partial charge in [-0.1, -0.05) is 157 Å². The Hall–Kier alpha value is -8.08. The van der Waals surface area contributed by atoms with Gasteiger partial charge in [0.1, 0.15) is 0 Å². The Balaban J connectivity index is 1.19. The Morgan fingerprint density at radius 1 is 0.312 bits per heavy atom. The molecule has 0 radical (unpaired) electrons. The van der Waals surface area contributed by atoms with E-state index < -0.39 is 0 Å². The summed E-state index contributed by atoms with van der Waals surface area (Å²) in [6, 6.07) is 81.7. The molecule has 0 amide bonds. The molecule has 0 spiro atoms. The largest absolute Gasteiger partial charge is 0.311 e. The van der Waals surface area contributed by atoms with E-state index in [-0.39, 0.29) is 6.71 Å². The van der Waals surface area contributed by atoms with E-state index in [1.165, 1.54) is 93.4 Å². The summed E-state index contributed by atoms with van der Waals surface area (Å²) in [5.74, 6) is 0. The third kappa shape index (κ3) is 5.76. The number of nitrogens with zero attached hydrogens (tertiary/aromatic N) is 3. The molecule has 2 heterocycles. The Labute approximate surface area is 373 Å². The minimum atomic E-state index is -0.0427. The molecule has 3 nitrogen and oxygen atoms in total. The lowest BCUT2D eigenvalue weighted by Gasteiger charge is -2.45. The second-order valence-corrected chi connectivity index (χ2v) is 17.6. The Kier molecular flexibility index (Phi) is 8.13. The van der Waals surface area contributed by atoms with Crippen molar-refractivity contribution in [2.45, 2.75) is 13.8 Å². The Morgan fingerprint density at radius 2 is 0.672 bits per heavy atom. The summed E-state index contributed by atoms with van der Waals surface area (Å²) in [4.78, 5) is 7.55. The maximum atomic E-state index is 2.56. The van der Waals surface area contributed by atoms with E-state index in [9.17, 15) is 0 Å². The van der Waals surface area contributed by atoms with E-state index in [2.05, 4.69) is 247 Å². The number of anilines is 9. The minimum absolute atomic E-state index is 0.0427. The van der Waals surface area contributed by atoms with Crippen molar-refractivity contribution in [3.8, 4) is 0 Å². The molecule has 0 bridgehead atoms. The van der Waals surface area contributed by atoms with Crippen molar-refractivity contribution >= 4 is 117 Å². The maximum Gasteiger partial charge on any atom is 0.252 e. The maximum absolute atomic E-state index is 2.56. The summed E-state index contributed by atoms with van der Waals surface area (Å²) < 4.78 is 0. The predicted molar refractivity (Wildman–Crippen MR) is 275 cm³/mol. The smallest absolute Gasteiger partial charge is 0.252 e. The molecule has 300 valence electrons. The summed E-state index contributed by atoms with van der Waals surface area (Å²) in [5.41, 5.74) is 16.7. The van der Waals surface area contributed by atoms with Gasteiger partial charge in [0.05, 0.1) is 5.69 Å². The van der Waals surface area contributed by atoms with Gasteiger partial charge >= 0.3 is 0 Å². The van der Waals surface area contributed by atoms with Crippen LogP contribution in [0.1, 0.15) is 11.1 Å². The summed E-state index contributed by atoms with van der Waals surface area (Å²) in [5, 5.41) is 9.80. The van der Waals surface area contributed by atoms with Crippen LogP contribution in [-0.4, -0.2) is 6.71 Å². The number of rotatable bonds is 5. The van der Waals surface area contributed by atoms with Gasteiger partial charge in [0.2, 0.25) is 0 Å². The molecular weight excluding hydrogens is 773 g/mol. The summed E-state index contributed by atoms with van der Waals surface area (Å²) >= 11 is 0. The van der Waals surface area contributed by atoms with Gasteiger partial charge in [-0.2, -0.15) is 0 Å². The van der Waals surface area contributed by atoms with Gasteiger partial charge in [0.25, 0.3) is 6.71 Å². The summed E-state index contributed by atoms with van der Waals surface area (Å²) in [6.45, 7) is 4.28. The van der Waals surface area contributed by atoms with Crippen LogP contribution in [0.25, 0.3) is 43.1 Å². The highest BCUT2D eigenvalue weighted by atomic mass is 15.2. The quantitative estimate of drug-likeness (QED) is 0.160. The zero-order valence-electron chi connectivity index (χ0n) is 35.7. The van der Waals surface area contributed by atoms with E-state index in [4.69, 9.17) is 0 Å². The first kappa shape index (κ1) is 36.6. The van der Waals surface area contributed by atoms with Gasteiger partial charge in [0, 0.05) is 45.5 Å². The van der Waals surface area contributed by atoms with E-state index >= 15 is 0 Å². The second kappa shape index (κ2) is 14.2. The van der Waals surface area contributed by atoms with Crippen LogP contribution in [0.3, 0.4) is 0 Å². The average Bonchev–Trinajstić information content (AvgIpc) is 3.33. The normalized spacial score (nSPS) is 12.8. The molecule has 2 aliphatic rings. The van der Waals surface area contributed by atoms with Crippen molar-refractivity contribution in [2.75, 3.05) is 14.7 Å². The molecule has 4 heteroatoms. The van der Waals surface area contributed by atoms with Gasteiger partial charge in [-0.05, 0) is 146 Å². The van der Waals surface area contributed by atoms with Crippen molar-refractivity contribution in [1.82, 2.24) is 0 Å². The zero-order valence-corrected chi connectivity index (χ0v) is 35.7. The molecule has 0 unspecified atom stereocenters. The van der Waals surface area contributed by atoms with Crippen molar-refractivity contribution in [3.05, 3.63) is 230 Å². The van der Waals surface area contributed by atoms with Crippen molar-refractivity contribution in [1.29, 1.82) is 0 Å². The summed E-state index contributed by atoms with van der Waals surface area (Å²) in [7, 11) is 0. The van der Waals surface area contributed by atoms with Gasteiger partial charge in [-0.15, -0.1) is 0 Å². The van der Waals surface area contributed by atoms with Crippen LogP contribution in [0.5, 0.6) is 0 Å². The van der Waals surface area contributed by atoms with Crippen LogP contribution in [0.2, 0.25) is 0 Å². The van der Waals surface area contributed by atoms with Crippen molar-refractivity contribution < 1.29 is 0 Å². The van der Waals surface area contributed by atoms with Crippen molar-refractivity contribution in [3.63, 3.8) is 0 Å². The van der Waals surface area contributed by atoms with Gasteiger partial charge < -0.3 is 14.7 Å². The number of fused-ring (bicyclic) bond motifs is 8. The molecule has 13 rings (SSSR count). The lowest BCUT2D eigenvalue weighted by Crippen LogP contribution is -2.61. The number of hydrogen-bond acceptors (Lipinski definition) is 3. The lowest BCUT2D eigenvalue weighted by molar-refractivity contribution is 1.23. The Bertz CT molecular complexity index is 3430. The fraction of sp³-hybridized carbons (Fsp3) is 0.0333.